The molecule has 1 fully saturated rings. The van der Waals surface area contributed by atoms with Gasteiger partial charge in [-0.3, -0.25) is 9.59 Å². The highest BCUT2D eigenvalue weighted by molar-refractivity contribution is 5.88. The minimum atomic E-state index is -0.578. The first-order valence-electron chi connectivity index (χ1n) is 10.9. The van der Waals surface area contributed by atoms with Crippen molar-refractivity contribution in [3.8, 4) is 0 Å². The highest BCUT2D eigenvalue weighted by Gasteiger charge is 2.30. The van der Waals surface area contributed by atoms with E-state index in [2.05, 4.69) is 5.32 Å². The summed E-state index contributed by atoms with van der Waals surface area (Å²) >= 11 is 0. The Kier molecular flexibility index (Phi) is 7.61. The summed E-state index contributed by atoms with van der Waals surface area (Å²) in [7, 11) is 0. The normalized spacial score (nSPS) is 15.0. The summed E-state index contributed by atoms with van der Waals surface area (Å²) in [5, 5.41) is 3.13. The van der Waals surface area contributed by atoms with Crippen LogP contribution in [0.15, 0.2) is 48.5 Å². The molecule has 1 unspecified atom stereocenters. The summed E-state index contributed by atoms with van der Waals surface area (Å²) in [6.07, 6.45) is 4.67. The maximum atomic E-state index is 14.1. The first kappa shape index (κ1) is 22.0. The van der Waals surface area contributed by atoms with E-state index >= 15 is 0 Å². The zero-order valence-electron chi connectivity index (χ0n) is 17.9. The van der Waals surface area contributed by atoms with Gasteiger partial charge in [0.2, 0.25) is 11.8 Å². The van der Waals surface area contributed by atoms with Crippen LogP contribution in [0.1, 0.15) is 55.7 Å². The molecule has 5 heteroatoms. The van der Waals surface area contributed by atoms with Crippen LogP contribution >= 0.6 is 0 Å². The molecule has 160 valence electrons. The highest BCUT2D eigenvalue weighted by atomic mass is 19.1. The van der Waals surface area contributed by atoms with E-state index in [0.29, 0.717) is 18.5 Å². The van der Waals surface area contributed by atoms with Gasteiger partial charge in [-0.15, -0.1) is 0 Å². The summed E-state index contributed by atoms with van der Waals surface area (Å²) in [4.78, 5) is 27.9. The molecule has 0 spiro atoms. The number of halogens is 1. The molecule has 2 aromatic carbocycles. The molecular weight excluding hydrogens is 379 g/mol. The third-order valence-corrected chi connectivity index (χ3v) is 5.86. The van der Waals surface area contributed by atoms with Gasteiger partial charge in [0.1, 0.15) is 11.9 Å². The van der Waals surface area contributed by atoms with Gasteiger partial charge in [0.05, 0.1) is 6.42 Å². The predicted octanol–water partition coefficient (Wildman–Crippen LogP) is 4.54. The van der Waals surface area contributed by atoms with E-state index in [4.69, 9.17) is 0 Å². The largest absolute Gasteiger partial charge is 0.352 e. The topological polar surface area (TPSA) is 49.4 Å². The van der Waals surface area contributed by atoms with Gasteiger partial charge in [0.15, 0.2) is 0 Å². The molecule has 3 rings (SSSR count). The van der Waals surface area contributed by atoms with E-state index in [1.807, 2.05) is 38.1 Å². The average Bonchev–Trinajstić information content (AvgIpc) is 3.24. The van der Waals surface area contributed by atoms with Crippen molar-refractivity contribution >= 4 is 11.8 Å². The molecule has 30 heavy (non-hydrogen) atoms. The van der Waals surface area contributed by atoms with E-state index in [-0.39, 0.29) is 24.3 Å². The molecule has 1 saturated carbocycles. The first-order chi connectivity index (χ1) is 14.5. The molecule has 2 aromatic rings. The minimum absolute atomic E-state index is 0.0637. The molecular formula is C25H31FN2O2. The van der Waals surface area contributed by atoms with Gasteiger partial charge < -0.3 is 10.2 Å². The summed E-state index contributed by atoms with van der Waals surface area (Å²) in [5.41, 5.74) is 2.44. The van der Waals surface area contributed by atoms with Crippen LogP contribution in [-0.4, -0.2) is 28.8 Å². The van der Waals surface area contributed by atoms with Crippen molar-refractivity contribution < 1.29 is 14.0 Å². The third kappa shape index (κ3) is 5.68. The number of hydrogen-bond donors (Lipinski definition) is 1. The lowest BCUT2D eigenvalue weighted by Crippen LogP contribution is -2.51. The Bertz CT molecular complexity index is 860. The van der Waals surface area contributed by atoms with Crippen LogP contribution in [0.5, 0.6) is 0 Å². The summed E-state index contributed by atoms with van der Waals surface area (Å²) in [5.74, 6) is -0.753. The predicted molar refractivity (Wildman–Crippen MR) is 116 cm³/mol. The second-order valence-corrected chi connectivity index (χ2v) is 8.19. The fraction of sp³-hybridized carbons (Fsp3) is 0.440. The van der Waals surface area contributed by atoms with Crippen molar-refractivity contribution in [2.24, 2.45) is 0 Å². The van der Waals surface area contributed by atoms with E-state index in [0.717, 1.165) is 36.8 Å². The molecule has 2 amide bonds. The Morgan fingerprint density at radius 3 is 2.40 bits per heavy atom. The smallest absolute Gasteiger partial charge is 0.243 e. The Balaban J connectivity index is 1.82. The fourth-order valence-electron chi connectivity index (χ4n) is 4.08. The van der Waals surface area contributed by atoms with Crippen LogP contribution in [0.25, 0.3) is 0 Å². The summed E-state index contributed by atoms with van der Waals surface area (Å²) < 4.78 is 14.1. The molecule has 0 aromatic heterocycles. The van der Waals surface area contributed by atoms with E-state index < -0.39 is 11.9 Å². The molecule has 0 radical (unpaired) electrons. The quantitative estimate of drug-likeness (QED) is 0.694. The number of carbonyl (C=O) groups excluding carboxylic acids is 2. The van der Waals surface area contributed by atoms with E-state index in [9.17, 15) is 14.0 Å². The molecule has 1 aliphatic carbocycles. The van der Waals surface area contributed by atoms with Crippen LogP contribution in [-0.2, 0) is 22.6 Å². The molecule has 0 aliphatic heterocycles. The Morgan fingerprint density at radius 2 is 1.77 bits per heavy atom. The lowest BCUT2D eigenvalue weighted by atomic mass is 10.1. The van der Waals surface area contributed by atoms with Gasteiger partial charge in [-0.2, -0.15) is 0 Å². The molecule has 1 N–H and O–H groups in total. The first-order valence-corrected chi connectivity index (χ1v) is 10.9. The van der Waals surface area contributed by atoms with Gasteiger partial charge in [-0.25, -0.2) is 4.39 Å². The second kappa shape index (κ2) is 10.4. The van der Waals surface area contributed by atoms with Crippen molar-refractivity contribution in [3.05, 3.63) is 71.0 Å². The van der Waals surface area contributed by atoms with Gasteiger partial charge in [-0.05, 0) is 43.4 Å². The van der Waals surface area contributed by atoms with Crippen LogP contribution in [0.2, 0.25) is 0 Å². The fourth-order valence-corrected chi connectivity index (χ4v) is 4.08. The van der Waals surface area contributed by atoms with Crippen LogP contribution in [0.4, 0.5) is 4.39 Å². The lowest BCUT2D eigenvalue weighted by Gasteiger charge is -2.31. The molecule has 4 nitrogen and oxygen atoms in total. The van der Waals surface area contributed by atoms with Crippen LogP contribution in [0, 0.1) is 12.7 Å². The zero-order chi connectivity index (χ0) is 21.5. The minimum Gasteiger partial charge on any atom is -0.352 e. The number of hydrogen-bond acceptors (Lipinski definition) is 2. The highest BCUT2D eigenvalue weighted by Crippen LogP contribution is 2.20. The lowest BCUT2D eigenvalue weighted by molar-refractivity contribution is -0.141. The molecule has 1 atom stereocenters. The van der Waals surface area contributed by atoms with Crippen molar-refractivity contribution in [2.75, 3.05) is 0 Å². The number of carbonyl (C=O) groups is 2. The molecule has 0 saturated heterocycles. The second-order valence-electron chi connectivity index (χ2n) is 8.19. The van der Waals surface area contributed by atoms with E-state index in [1.165, 1.54) is 6.07 Å². The standard InChI is InChI=1S/C25H31FN2O2/c1-3-23(25(30)27-21-9-5-6-10-21)28(17-19-14-12-18(2)13-15-19)24(29)16-20-8-4-7-11-22(20)26/h4,7-8,11-15,21,23H,3,5-6,9-10,16-17H2,1-2H3,(H,27,30). The van der Waals surface area contributed by atoms with Crippen molar-refractivity contribution in [2.45, 2.75) is 71.0 Å². The Hall–Kier alpha value is -2.69. The number of benzene rings is 2. The third-order valence-electron chi connectivity index (χ3n) is 5.86. The van der Waals surface area contributed by atoms with Gasteiger partial charge in [0, 0.05) is 12.6 Å². The van der Waals surface area contributed by atoms with E-state index in [1.54, 1.807) is 23.1 Å². The van der Waals surface area contributed by atoms with Gasteiger partial charge in [-0.1, -0.05) is 67.8 Å². The van der Waals surface area contributed by atoms with Crippen molar-refractivity contribution in [1.82, 2.24) is 10.2 Å². The summed E-state index contributed by atoms with van der Waals surface area (Å²) in [6.45, 7) is 4.25. The Morgan fingerprint density at radius 1 is 1.10 bits per heavy atom. The maximum Gasteiger partial charge on any atom is 0.243 e. The molecule has 0 bridgehead atoms. The average molecular weight is 411 g/mol. The Labute approximate surface area is 178 Å². The van der Waals surface area contributed by atoms with Crippen LogP contribution < -0.4 is 5.32 Å². The number of rotatable bonds is 8. The number of nitrogens with zero attached hydrogens (tertiary/aromatic N) is 1. The van der Waals surface area contributed by atoms with Crippen molar-refractivity contribution in [3.63, 3.8) is 0 Å². The SMILES string of the molecule is CCC(C(=O)NC1CCCC1)N(Cc1ccc(C)cc1)C(=O)Cc1ccccc1F. The monoisotopic (exact) mass is 410 g/mol. The van der Waals surface area contributed by atoms with Gasteiger partial charge >= 0.3 is 0 Å². The van der Waals surface area contributed by atoms with Gasteiger partial charge in [0.25, 0.3) is 0 Å². The summed E-state index contributed by atoms with van der Waals surface area (Å²) in [6, 6.07) is 13.9. The van der Waals surface area contributed by atoms with Crippen molar-refractivity contribution in [1.29, 1.82) is 0 Å². The molecule has 1 aliphatic rings. The number of amides is 2. The molecule has 0 heterocycles. The van der Waals surface area contributed by atoms with Crippen LogP contribution in [0.3, 0.4) is 0 Å². The zero-order valence-corrected chi connectivity index (χ0v) is 17.9. The maximum absolute atomic E-state index is 14.1. The number of nitrogens with one attached hydrogen (secondary N) is 1. The number of aryl methyl sites for hydroxylation is 1.